The van der Waals surface area contributed by atoms with Crippen molar-refractivity contribution in [1.82, 2.24) is 4.98 Å². The number of carbonyl (C=O) groups is 2. The quantitative estimate of drug-likeness (QED) is 0.536. The van der Waals surface area contributed by atoms with Crippen LogP contribution in [-0.2, 0) is 12.4 Å². The molecule has 0 unspecified atom stereocenters. The average molecular weight is 411 g/mol. The molecule has 0 bridgehead atoms. The van der Waals surface area contributed by atoms with E-state index in [4.69, 9.17) is 11.6 Å². The Bertz CT molecular complexity index is 895. The van der Waals surface area contributed by atoms with Gasteiger partial charge in [0.25, 0.3) is 5.91 Å². The van der Waals surface area contributed by atoms with Crippen molar-refractivity contribution >= 4 is 29.6 Å². The molecule has 0 fully saturated rings. The Morgan fingerprint density at radius 2 is 1.67 bits per heavy atom. The zero-order chi connectivity index (χ0) is 20.6. The van der Waals surface area contributed by atoms with Crippen LogP contribution in [-0.4, -0.2) is 24.2 Å². The van der Waals surface area contributed by atoms with Crippen LogP contribution in [0.2, 0.25) is 5.02 Å². The first-order valence-electron chi connectivity index (χ1n) is 7.03. The lowest BCUT2D eigenvalue weighted by atomic mass is 10.0. The number of hydrogen-bond acceptors (Lipinski definition) is 3. The first kappa shape index (κ1) is 20.7. The van der Waals surface area contributed by atoms with Gasteiger partial charge in [-0.2, -0.15) is 26.3 Å². The van der Waals surface area contributed by atoms with Gasteiger partial charge in [0.2, 0.25) is 0 Å². The average Bonchev–Trinajstić information content (AvgIpc) is 2.58. The van der Waals surface area contributed by atoms with E-state index in [1.54, 1.807) is 0 Å². The summed E-state index contributed by atoms with van der Waals surface area (Å²) < 4.78 is 76.5. The van der Waals surface area contributed by atoms with E-state index < -0.39 is 45.8 Å². The molecule has 27 heavy (non-hydrogen) atoms. The van der Waals surface area contributed by atoms with E-state index in [1.165, 1.54) is 0 Å². The van der Waals surface area contributed by atoms with Crippen LogP contribution >= 0.6 is 11.6 Å². The molecular weight excluding hydrogens is 402 g/mol. The Hall–Kier alpha value is -2.62. The van der Waals surface area contributed by atoms with Crippen molar-refractivity contribution in [1.29, 1.82) is 0 Å². The fourth-order valence-corrected chi connectivity index (χ4v) is 2.42. The number of hydrogen-bond donors (Lipinski definition) is 0. The number of rotatable bonds is 3. The van der Waals surface area contributed by atoms with Crippen LogP contribution in [0.1, 0.15) is 31.8 Å². The number of halogens is 7. The first-order chi connectivity index (χ1) is 12.4. The van der Waals surface area contributed by atoms with Gasteiger partial charge in [-0.15, -0.1) is 0 Å². The zero-order valence-electron chi connectivity index (χ0n) is 13.3. The van der Waals surface area contributed by atoms with Crippen LogP contribution in [0.3, 0.4) is 0 Å². The van der Waals surface area contributed by atoms with Gasteiger partial charge in [0.15, 0.2) is 12.1 Å². The highest BCUT2D eigenvalue weighted by Crippen LogP contribution is 2.34. The van der Waals surface area contributed by atoms with Gasteiger partial charge >= 0.3 is 12.4 Å². The number of aromatic nitrogens is 1. The molecule has 0 radical (unpaired) electrons. The van der Waals surface area contributed by atoms with Gasteiger partial charge < -0.3 is 0 Å². The molecule has 144 valence electrons. The third-order valence-electron chi connectivity index (χ3n) is 3.51. The molecule has 2 rings (SSSR count). The van der Waals surface area contributed by atoms with Gasteiger partial charge in [0, 0.05) is 18.8 Å². The van der Waals surface area contributed by atoms with Crippen molar-refractivity contribution in [3.05, 3.63) is 57.7 Å². The molecule has 0 spiro atoms. The number of aldehydes is 1. The summed E-state index contributed by atoms with van der Waals surface area (Å²) in [5, 5.41) is -0.541. The minimum Gasteiger partial charge on any atom is -0.298 e. The normalized spacial score (nSPS) is 12.0. The molecule has 0 saturated heterocycles. The van der Waals surface area contributed by atoms with E-state index in [9.17, 15) is 35.9 Å². The molecule has 1 heterocycles. The van der Waals surface area contributed by atoms with Gasteiger partial charge in [0.1, 0.15) is 0 Å². The molecule has 1 aromatic carbocycles. The fourth-order valence-electron chi connectivity index (χ4n) is 2.13. The number of amides is 1. The topological polar surface area (TPSA) is 50.3 Å². The summed E-state index contributed by atoms with van der Waals surface area (Å²) in [5.74, 6) is -1.51. The SMILES string of the molecule is CN(C(=O)c1cc(C(F)(F)F)ccc1C=O)c1ncc(C(F)(F)F)cc1Cl. The van der Waals surface area contributed by atoms with Crippen LogP contribution in [0.15, 0.2) is 30.5 Å². The summed E-state index contributed by atoms with van der Waals surface area (Å²) in [6.45, 7) is 0. The van der Waals surface area contributed by atoms with Gasteiger partial charge in [-0.25, -0.2) is 4.98 Å². The predicted molar refractivity (Wildman–Crippen MR) is 83.8 cm³/mol. The van der Waals surface area contributed by atoms with E-state index in [0.29, 0.717) is 29.3 Å². The second kappa shape index (κ2) is 7.18. The molecule has 0 saturated carbocycles. The number of nitrogens with zero attached hydrogens (tertiary/aromatic N) is 2. The van der Waals surface area contributed by atoms with Crippen molar-refractivity contribution in [2.24, 2.45) is 0 Å². The standard InChI is InChI=1S/C16H9ClF6N2O2/c1-25(13-12(17)5-10(6-24-13)16(21,22)23)14(27)11-4-9(15(18,19)20)3-2-8(11)7-26/h2-7H,1H3. The number of anilines is 1. The van der Waals surface area contributed by atoms with Crippen LogP contribution < -0.4 is 4.90 Å². The predicted octanol–water partition coefficient (Wildman–Crippen LogP) is 4.86. The zero-order valence-corrected chi connectivity index (χ0v) is 14.1. The summed E-state index contributed by atoms with van der Waals surface area (Å²) in [6, 6.07) is 2.45. The van der Waals surface area contributed by atoms with Crippen LogP contribution in [0.4, 0.5) is 32.2 Å². The first-order valence-corrected chi connectivity index (χ1v) is 7.41. The summed E-state index contributed by atoms with van der Waals surface area (Å²) in [4.78, 5) is 27.7. The number of benzene rings is 1. The Balaban J connectivity index is 2.47. The Morgan fingerprint density at radius 1 is 1.07 bits per heavy atom. The van der Waals surface area contributed by atoms with E-state index in [2.05, 4.69) is 4.98 Å². The maximum absolute atomic E-state index is 12.9. The van der Waals surface area contributed by atoms with E-state index in [1.807, 2.05) is 0 Å². The Morgan fingerprint density at radius 3 is 2.15 bits per heavy atom. The van der Waals surface area contributed by atoms with Gasteiger partial charge in [0.05, 0.1) is 21.7 Å². The van der Waals surface area contributed by atoms with E-state index in [-0.39, 0.29) is 11.8 Å². The number of alkyl halides is 6. The monoisotopic (exact) mass is 410 g/mol. The molecule has 4 nitrogen and oxygen atoms in total. The lowest BCUT2D eigenvalue weighted by molar-refractivity contribution is -0.138. The third kappa shape index (κ3) is 4.38. The maximum Gasteiger partial charge on any atom is 0.417 e. The minimum atomic E-state index is -4.76. The van der Waals surface area contributed by atoms with Gasteiger partial charge in [-0.3, -0.25) is 14.5 Å². The summed E-state index contributed by atoms with van der Waals surface area (Å²) >= 11 is 5.73. The fraction of sp³-hybridized carbons (Fsp3) is 0.188. The largest absolute Gasteiger partial charge is 0.417 e. The summed E-state index contributed by atoms with van der Waals surface area (Å²) in [6.07, 6.45) is -8.87. The smallest absolute Gasteiger partial charge is 0.298 e. The summed E-state index contributed by atoms with van der Waals surface area (Å²) in [5.41, 5.74) is -3.26. The Kier molecular flexibility index (Phi) is 5.50. The molecule has 0 atom stereocenters. The second-order valence-electron chi connectivity index (χ2n) is 5.31. The lowest BCUT2D eigenvalue weighted by Crippen LogP contribution is -2.29. The lowest BCUT2D eigenvalue weighted by Gasteiger charge is -2.20. The van der Waals surface area contributed by atoms with Crippen molar-refractivity contribution in [2.45, 2.75) is 12.4 Å². The molecule has 1 aromatic heterocycles. The molecule has 0 aliphatic rings. The highest BCUT2D eigenvalue weighted by Gasteiger charge is 2.34. The van der Waals surface area contributed by atoms with Crippen LogP contribution in [0, 0.1) is 0 Å². The van der Waals surface area contributed by atoms with Crippen molar-refractivity contribution in [2.75, 3.05) is 11.9 Å². The molecule has 0 N–H and O–H groups in total. The van der Waals surface area contributed by atoms with E-state index in [0.717, 1.165) is 13.1 Å². The van der Waals surface area contributed by atoms with Crippen molar-refractivity contribution < 1.29 is 35.9 Å². The Labute approximate surface area is 153 Å². The van der Waals surface area contributed by atoms with Crippen molar-refractivity contribution in [3.63, 3.8) is 0 Å². The maximum atomic E-state index is 12.9. The number of carbonyl (C=O) groups excluding carboxylic acids is 2. The van der Waals surface area contributed by atoms with Gasteiger partial charge in [-0.05, 0) is 18.2 Å². The molecule has 0 aliphatic carbocycles. The van der Waals surface area contributed by atoms with Crippen LogP contribution in [0.5, 0.6) is 0 Å². The second-order valence-corrected chi connectivity index (χ2v) is 5.72. The molecule has 11 heteroatoms. The molecular formula is C16H9ClF6N2O2. The highest BCUT2D eigenvalue weighted by atomic mass is 35.5. The highest BCUT2D eigenvalue weighted by molar-refractivity contribution is 6.33. The number of pyridine rings is 1. The van der Waals surface area contributed by atoms with E-state index >= 15 is 0 Å². The van der Waals surface area contributed by atoms with Crippen molar-refractivity contribution in [3.8, 4) is 0 Å². The molecule has 1 amide bonds. The molecule has 0 aliphatic heterocycles. The van der Waals surface area contributed by atoms with Crippen LogP contribution in [0.25, 0.3) is 0 Å². The molecule has 2 aromatic rings. The van der Waals surface area contributed by atoms with Gasteiger partial charge in [-0.1, -0.05) is 17.7 Å². The third-order valence-corrected chi connectivity index (χ3v) is 3.79. The minimum absolute atomic E-state index is 0.184. The summed E-state index contributed by atoms with van der Waals surface area (Å²) in [7, 11) is 1.05.